The van der Waals surface area contributed by atoms with Crippen LogP contribution < -0.4 is 5.32 Å². The highest BCUT2D eigenvalue weighted by Gasteiger charge is 2.30. The molecule has 0 aliphatic heterocycles. The Kier molecular flexibility index (Phi) is 5.30. The first-order valence-electron chi connectivity index (χ1n) is 5.51. The standard InChI is InChI=1S/C11H24ClNO2S/c1-9(12)11(5,6)13-7-8-16(14,15)10(2,3)4/h9,13H,7-8H2,1-6H3. The quantitative estimate of drug-likeness (QED) is 0.779. The molecule has 0 radical (unpaired) electrons. The van der Waals surface area contributed by atoms with E-state index in [1.807, 2.05) is 20.8 Å². The molecule has 0 heterocycles. The number of rotatable bonds is 5. The maximum absolute atomic E-state index is 11.8. The van der Waals surface area contributed by atoms with E-state index in [0.717, 1.165) is 0 Å². The minimum absolute atomic E-state index is 0.0511. The normalized spacial score (nSPS) is 16.2. The van der Waals surface area contributed by atoms with Crippen LogP contribution in [-0.2, 0) is 9.84 Å². The molecule has 0 aromatic carbocycles. The molecule has 0 fully saturated rings. The van der Waals surface area contributed by atoms with Gasteiger partial charge in [-0.1, -0.05) is 0 Å². The average molecular weight is 270 g/mol. The van der Waals surface area contributed by atoms with Crippen molar-refractivity contribution in [2.75, 3.05) is 12.3 Å². The Bertz CT molecular complexity index is 315. The summed E-state index contributed by atoms with van der Waals surface area (Å²) in [6.07, 6.45) is 0. The van der Waals surface area contributed by atoms with Gasteiger partial charge in [0.1, 0.15) is 0 Å². The summed E-state index contributed by atoms with van der Waals surface area (Å²) in [6.45, 7) is 11.4. The predicted molar refractivity (Wildman–Crippen MR) is 70.9 cm³/mol. The molecule has 0 aromatic heterocycles. The third-order valence-corrected chi connectivity index (χ3v) is 6.03. The van der Waals surface area contributed by atoms with E-state index in [0.29, 0.717) is 6.54 Å². The lowest BCUT2D eigenvalue weighted by atomic mass is 10.0. The van der Waals surface area contributed by atoms with Crippen LogP contribution in [0.1, 0.15) is 41.5 Å². The van der Waals surface area contributed by atoms with Crippen LogP contribution in [0.2, 0.25) is 0 Å². The number of hydrogen-bond donors (Lipinski definition) is 1. The van der Waals surface area contributed by atoms with Gasteiger partial charge in [-0.2, -0.15) is 0 Å². The highest BCUT2D eigenvalue weighted by molar-refractivity contribution is 7.92. The Hall–Kier alpha value is 0.200. The van der Waals surface area contributed by atoms with E-state index in [-0.39, 0.29) is 16.7 Å². The molecule has 3 nitrogen and oxygen atoms in total. The summed E-state index contributed by atoms with van der Waals surface area (Å²) < 4.78 is 23.0. The Balaban J connectivity index is 4.31. The zero-order chi connectivity index (χ0) is 13.2. The molecule has 0 saturated carbocycles. The van der Waals surface area contributed by atoms with Crippen LogP contribution in [0.25, 0.3) is 0 Å². The van der Waals surface area contributed by atoms with Crippen molar-refractivity contribution in [2.24, 2.45) is 0 Å². The number of hydrogen-bond acceptors (Lipinski definition) is 3. The largest absolute Gasteiger partial charge is 0.309 e. The second-order valence-electron chi connectivity index (χ2n) is 5.70. The molecule has 5 heteroatoms. The third-order valence-electron chi connectivity index (χ3n) is 2.88. The molecule has 1 unspecified atom stereocenters. The van der Waals surface area contributed by atoms with Crippen LogP contribution >= 0.6 is 11.6 Å². The first-order valence-corrected chi connectivity index (χ1v) is 7.60. The van der Waals surface area contributed by atoms with Gasteiger partial charge in [-0.05, 0) is 41.5 Å². The monoisotopic (exact) mass is 269 g/mol. The summed E-state index contributed by atoms with van der Waals surface area (Å²) >= 11 is 6.00. The summed E-state index contributed by atoms with van der Waals surface area (Å²) in [5.74, 6) is 0.142. The lowest BCUT2D eigenvalue weighted by Gasteiger charge is -2.29. The first kappa shape index (κ1) is 16.2. The lowest BCUT2D eigenvalue weighted by Crippen LogP contribution is -2.48. The Labute approximate surface area is 105 Å². The summed E-state index contributed by atoms with van der Waals surface area (Å²) in [7, 11) is -3.05. The molecule has 1 N–H and O–H groups in total. The molecule has 0 bridgehead atoms. The van der Waals surface area contributed by atoms with Crippen LogP contribution in [-0.4, -0.2) is 36.4 Å². The molecule has 0 aliphatic carbocycles. The highest BCUT2D eigenvalue weighted by atomic mass is 35.5. The van der Waals surface area contributed by atoms with Gasteiger partial charge >= 0.3 is 0 Å². The highest BCUT2D eigenvalue weighted by Crippen LogP contribution is 2.17. The summed E-state index contributed by atoms with van der Waals surface area (Å²) in [5, 5.41) is 3.12. The van der Waals surface area contributed by atoms with Gasteiger partial charge in [-0.25, -0.2) is 8.42 Å². The number of sulfone groups is 1. The minimum Gasteiger partial charge on any atom is -0.309 e. The summed E-state index contributed by atoms with van der Waals surface area (Å²) in [5.41, 5.74) is -0.255. The van der Waals surface area contributed by atoms with Crippen molar-refractivity contribution < 1.29 is 8.42 Å². The van der Waals surface area contributed by atoms with Crippen molar-refractivity contribution in [1.29, 1.82) is 0 Å². The topological polar surface area (TPSA) is 46.2 Å². The zero-order valence-corrected chi connectivity index (χ0v) is 12.7. The molecule has 0 saturated heterocycles. The zero-order valence-electron chi connectivity index (χ0n) is 11.1. The van der Waals surface area contributed by atoms with Crippen molar-refractivity contribution in [3.05, 3.63) is 0 Å². The van der Waals surface area contributed by atoms with Gasteiger partial charge in [0.25, 0.3) is 0 Å². The molecule has 98 valence electrons. The summed E-state index contributed by atoms with van der Waals surface area (Å²) in [6, 6.07) is 0. The van der Waals surface area contributed by atoms with Crippen molar-refractivity contribution in [3.63, 3.8) is 0 Å². The van der Waals surface area contributed by atoms with Gasteiger partial charge in [-0.15, -0.1) is 11.6 Å². The second kappa shape index (κ2) is 5.23. The van der Waals surface area contributed by atoms with E-state index in [1.165, 1.54) is 0 Å². The molecule has 1 atom stereocenters. The van der Waals surface area contributed by atoms with Crippen LogP contribution in [0.15, 0.2) is 0 Å². The van der Waals surface area contributed by atoms with Crippen molar-refractivity contribution in [2.45, 2.75) is 57.2 Å². The molecule has 0 aliphatic rings. The molecule has 0 spiro atoms. The van der Waals surface area contributed by atoms with Crippen molar-refractivity contribution >= 4 is 21.4 Å². The van der Waals surface area contributed by atoms with E-state index < -0.39 is 14.6 Å². The fourth-order valence-electron chi connectivity index (χ4n) is 0.954. The number of alkyl halides is 1. The SMILES string of the molecule is CC(Cl)C(C)(C)NCCS(=O)(=O)C(C)(C)C. The van der Waals surface area contributed by atoms with Crippen LogP contribution in [0.3, 0.4) is 0 Å². The van der Waals surface area contributed by atoms with E-state index in [1.54, 1.807) is 20.8 Å². The Morgan fingerprint density at radius 2 is 1.62 bits per heavy atom. The van der Waals surface area contributed by atoms with Gasteiger partial charge in [0.2, 0.25) is 0 Å². The Morgan fingerprint density at radius 1 is 1.19 bits per heavy atom. The van der Waals surface area contributed by atoms with E-state index in [9.17, 15) is 8.42 Å². The van der Waals surface area contributed by atoms with E-state index in [4.69, 9.17) is 11.6 Å². The van der Waals surface area contributed by atoms with Gasteiger partial charge in [0.15, 0.2) is 9.84 Å². The maximum Gasteiger partial charge on any atom is 0.156 e. The average Bonchev–Trinajstić information content (AvgIpc) is 2.00. The lowest BCUT2D eigenvalue weighted by molar-refractivity contribution is 0.392. The molecular weight excluding hydrogens is 246 g/mol. The molecule has 0 amide bonds. The Morgan fingerprint density at radius 3 is 1.94 bits per heavy atom. The van der Waals surface area contributed by atoms with E-state index >= 15 is 0 Å². The van der Waals surface area contributed by atoms with Gasteiger partial charge in [0.05, 0.1) is 10.5 Å². The minimum atomic E-state index is -3.05. The van der Waals surface area contributed by atoms with Crippen molar-refractivity contribution in [1.82, 2.24) is 5.32 Å². The van der Waals surface area contributed by atoms with Crippen molar-refractivity contribution in [3.8, 4) is 0 Å². The smallest absolute Gasteiger partial charge is 0.156 e. The molecular formula is C11H24ClNO2S. The first-order chi connectivity index (χ1) is 6.90. The third kappa shape index (κ3) is 4.60. The number of halogens is 1. The van der Waals surface area contributed by atoms with Gasteiger partial charge < -0.3 is 5.32 Å². The van der Waals surface area contributed by atoms with Crippen LogP contribution in [0.5, 0.6) is 0 Å². The van der Waals surface area contributed by atoms with Gasteiger partial charge in [-0.3, -0.25) is 0 Å². The summed E-state index contributed by atoms with van der Waals surface area (Å²) in [4.78, 5) is 0. The maximum atomic E-state index is 11.8. The fraction of sp³-hybridized carbons (Fsp3) is 1.00. The van der Waals surface area contributed by atoms with Crippen LogP contribution in [0.4, 0.5) is 0 Å². The predicted octanol–water partition coefficient (Wildman–Crippen LogP) is 2.20. The van der Waals surface area contributed by atoms with Crippen LogP contribution in [0, 0.1) is 0 Å². The molecule has 16 heavy (non-hydrogen) atoms. The fourth-order valence-corrected chi connectivity index (χ4v) is 2.01. The van der Waals surface area contributed by atoms with Gasteiger partial charge in [0, 0.05) is 17.5 Å². The molecule has 0 rings (SSSR count). The molecule has 0 aromatic rings. The second-order valence-corrected chi connectivity index (χ2v) is 9.21. The van der Waals surface area contributed by atoms with E-state index in [2.05, 4.69) is 5.32 Å². The number of nitrogens with one attached hydrogen (secondary N) is 1.